The van der Waals surface area contributed by atoms with E-state index in [-0.39, 0.29) is 19.7 Å². The molecule has 146 valence electrons. The first-order valence-corrected chi connectivity index (χ1v) is 9.04. The first-order chi connectivity index (χ1) is 13.1. The van der Waals surface area contributed by atoms with Gasteiger partial charge < -0.3 is 23.7 Å². The SMILES string of the molecule is COCOc1cc(OCOC)c(-c2cccc(C=O)c2)c(C(C)OC)c1Br. The van der Waals surface area contributed by atoms with Crippen LogP contribution < -0.4 is 9.47 Å². The van der Waals surface area contributed by atoms with Gasteiger partial charge in [-0.2, -0.15) is 0 Å². The molecule has 0 aromatic heterocycles. The standard InChI is InChI=1S/C20H23BrO6/c1-13(25-4)18-19(15-7-5-6-14(8-15)10-22)16(26-11-23-2)9-17(20(18)21)27-12-24-3/h5-10,13H,11-12H2,1-4H3. The van der Waals surface area contributed by atoms with Crippen molar-refractivity contribution in [3.05, 3.63) is 45.9 Å². The molecule has 0 saturated carbocycles. The van der Waals surface area contributed by atoms with Crippen molar-refractivity contribution in [2.45, 2.75) is 13.0 Å². The second-order valence-corrected chi connectivity index (χ2v) is 6.49. The Labute approximate surface area is 167 Å². The summed E-state index contributed by atoms with van der Waals surface area (Å²) in [7, 11) is 4.72. The maximum Gasteiger partial charge on any atom is 0.188 e. The zero-order valence-electron chi connectivity index (χ0n) is 15.8. The van der Waals surface area contributed by atoms with E-state index in [1.54, 1.807) is 39.5 Å². The molecule has 2 rings (SSSR count). The van der Waals surface area contributed by atoms with E-state index >= 15 is 0 Å². The number of methoxy groups -OCH3 is 3. The van der Waals surface area contributed by atoms with E-state index in [0.717, 1.165) is 27.4 Å². The number of carbonyl (C=O) groups is 1. The number of hydrogen-bond acceptors (Lipinski definition) is 6. The van der Waals surface area contributed by atoms with Crippen molar-refractivity contribution in [3.63, 3.8) is 0 Å². The van der Waals surface area contributed by atoms with Gasteiger partial charge in [0.15, 0.2) is 13.6 Å². The first-order valence-electron chi connectivity index (χ1n) is 8.25. The smallest absolute Gasteiger partial charge is 0.188 e. The summed E-state index contributed by atoms with van der Waals surface area (Å²) in [6, 6.07) is 9.04. The van der Waals surface area contributed by atoms with Gasteiger partial charge in [0.1, 0.15) is 17.8 Å². The summed E-state index contributed by atoms with van der Waals surface area (Å²) in [4.78, 5) is 11.2. The van der Waals surface area contributed by atoms with Crippen molar-refractivity contribution in [3.8, 4) is 22.6 Å². The van der Waals surface area contributed by atoms with Gasteiger partial charge in [-0.05, 0) is 34.5 Å². The molecule has 0 amide bonds. The summed E-state index contributed by atoms with van der Waals surface area (Å²) >= 11 is 3.62. The highest BCUT2D eigenvalue weighted by Gasteiger charge is 2.24. The van der Waals surface area contributed by atoms with Crippen LogP contribution >= 0.6 is 15.9 Å². The van der Waals surface area contributed by atoms with E-state index in [1.807, 2.05) is 19.1 Å². The Morgan fingerprint density at radius 3 is 2.30 bits per heavy atom. The van der Waals surface area contributed by atoms with Crippen molar-refractivity contribution in [2.24, 2.45) is 0 Å². The topological polar surface area (TPSA) is 63.2 Å². The van der Waals surface area contributed by atoms with E-state index in [0.29, 0.717) is 17.1 Å². The molecule has 1 atom stereocenters. The summed E-state index contributed by atoms with van der Waals surface area (Å²) in [5, 5.41) is 0. The Kier molecular flexibility index (Phi) is 8.24. The molecule has 0 N–H and O–H groups in total. The van der Waals surface area contributed by atoms with Gasteiger partial charge in [0.05, 0.1) is 10.6 Å². The largest absolute Gasteiger partial charge is 0.467 e. The Balaban J connectivity index is 2.75. The van der Waals surface area contributed by atoms with Crippen LogP contribution in [0.4, 0.5) is 0 Å². The van der Waals surface area contributed by atoms with Crippen molar-refractivity contribution < 1.29 is 28.5 Å². The number of benzene rings is 2. The van der Waals surface area contributed by atoms with Gasteiger partial charge in [-0.3, -0.25) is 4.79 Å². The average Bonchev–Trinajstić information content (AvgIpc) is 2.70. The molecule has 0 aliphatic carbocycles. The Morgan fingerprint density at radius 1 is 1.04 bits per heavy atom. The number of rotatable bonds is 10. The first kappa shape index (κ1) is 21.4. The molecule has 0 aliphatic rings. The maximum absolute atomic E-state index is 11.2. The van der Waals surface area contributed by atoms with E-state index in [2.05, 4.69) is 15.9 Å². The lowest BCUT2D eigenvalue weighted by Gasteiger charge is -2.23. The minimum atomic E-state index is -0.273. The maximum atomic E-state index is 11.2. The minimum absolute atomic E-state index is 0.0620. The molecule has 0 spiro atoms. The van der Waals surface area contributed by atoms with Crippen LogP contribution in [0.25, 0.3) is 11.1 Å². The number of hydrogen-bond donors (Lipinski definition) is 0. The van der Waals surface area contributed by atoms with Crippen LogP contribution in [0.5, 0.6) is 11.5 Å². The van der Waals surface area contributed by atoms with Gasteiger partial charge in [0, 0.05) is 44.1 Å². The van der Waals surface area contributed by atoms with Crippen LogP contribution in [0, 0.1) is 0 Å². The van der Waals surface area contributed by atoms with Gasteiger partial charge in [-0.1, -0.05) is 18.2 Å². The zero-order chi connectivity index (χ0) is 19.8. The summed E-state index contributed by atoms with van der Waals surface area (Å²) in [6.45, 7) is 2.07. The van der Waals surface area contributed by atoms with Crippen LogP contribution in [0.15, 0.2) is 34.8 Å². The van der Waals surface area contributed by atoms with Crippen molar-refractivity contribution in [2.75, 3.05) is 34.9 Å². The Morgan fingerprint density at radius 2 is 1.70 bits per heavy atom. The minimum Gasteiger partial charge on any atom is -0.467 e. The molecule has 6 nitrogen and oxygen atoms in total. The van der Waals surface area contributed by atoms with Crippen LogP contribution in [-0.4, -0.2) is 41.2 Å². The van der Waals surface area contributed by atoms with Crippen LogP contribution in [-0.2, 0) is 14.2 Å². The average molecular weight is 439 g/mol. The van der Waals surface area contributed by atoms with Crippen molar-refractivity contribution in [1.82, 2.24) is 0 Å². The quantitative estimate of drug-likeness (QED) is 0.398. The summed E-state index contributed by atoms with van der Waals surface area (Å²) in [5.74, 6) is 1.10. The molecular formula is C20H23BrO6. The van der Waals surface area contributed by atoms with E-state index in [9.17, 15) is 4.79 Å². The number of aldehydes is 1. The normalized spacial score (nSPS) is 11.9. The fourth-order valence-electron chi connectivity index (χ4n) is 2.66. The number of carbonyl (C=O) groups excluding carboxylic acids is 1. The second kappa shape index (κ2) is 10.4. The predicted molar refractivity (Wildman–Crippen MR) is 105 cm³/mol. The van der Waals surface area contributed by atoms with Crippen molar-refractivity contribution in [1.29, 1.82) is 0 Å². The van der Waals surface area contributed by atoms with Crippen LogP contribution in [0.1, 0.15) is 28.9 Å². The third kappa shape index (κ3) is 5.07. The van der Waals surface area contributed by atoms with Gasteiger partial charge in [-0.15, -0.1) is 0 Å². The highest BCUT2D eigenvalue weighted by atomic mass is 79.9. The van der Waals surface area contributed by atoms with E-state index in [4.69, 9.17) is 23.7 Å². The van der Waals surface area contributed by atoms with E-state index < -0.39 is 0 Å². The lowest BCUT2D eigenvalue weighted by Crippen LogP contribution is -2.08. The fraction of sp³-hybridized carbons (Fsp3) is 0.350. The summed E-state index contributed by atoms with van der Waals surface area (Å²) in [5.41, 5.74) is 3.02. The molecule has 7 heteroatoms. The molecular weight excluding hydrogens is 416 g/mol. The van der Waals surface area contributed by atoms with Gasteiger partial charge >= 0.3 is 0 Å². The van der Waals surface area contributed by atoms with E-state index in [1.165, 1.54) is 0 Å². The van der Waals surface area contributed by atoms with Crippen LogP contribution in [0.3, 0.4) is 0 Å². The third-order valence-corrected chi connectivity index (χ3v) is 4.78. The fourth-order valence-corrected chi connectivity index (χ4v) is 3.41. The Bertz CT molecular complexity index is 777. The monoisotopic (exact) mass is 438 g/mol. The van der Waals surface area contributed by atoms with Gasteiger partial charge in [0.2, 0.25) is 0 Å². The lowest BCUT2D eigenvalue weighted by atomic mass is 9.94. The predicted octanol–water partition coefficient (Wildman–Crippen LogP) is 4.60. The molecule has 27 heavy (non-hydrogen) atoms. The molecule has 1 unspecified atom stereocenters. The molecule has 0 radical (unpaired) electrons. The lowest BCUT2D eigenvalue weighted by molar-refractivity contribution is 0.0451. The Hall–Kier alpha value is -1.93. The van der Waals surface area contributed by atoms with Gasteiger partial charge in [-0.25, -0.2) is 0 Å². The number of halogens is 1. The zero-order valence-corrected chi connectivity index (χ0v) is 17.4. The highest BCUT2D eigenvalue weighted by Crippen LogP contribution is 2.46. The van der Waals surface area contributed by atoms with Crippen molar-refractivity contribution >= 4 is 22.2 Å². The molecule has 0 aliphatic heterocycles. The highest BCUT2D eigenvalue weighted by molar-refractivity contribution is 9.10. The molecule has 0 fully saturated rings. The number of ether oxygens (including phenoxy) is 5. The van der Waals surface area contributed by atoms with Crippen LogP contribution in [0.2, 0.25) is 0 Å². The van der Waals surface area contributed by atoms with Gasteiger partial charge in [0.25, 0.3) is 0 Å². The second-order valence-electron chi connectivity index (χ2n) is 5.70. The molecule has 0 heterocycles. The third-order valence-electron chi connectivity index (χ3n) is 3.97. The molecule has 0 bridgehead atoms. The summed E-state index contributed by atoms with van der Waals surface area (Å²) in [6.07, 6.45) is 0.536. The summed E-state index contributed by atoms with van der Waals surface area (Å²) < 4.78 is 27.9. The molecule has 2 aromatic carbocycles. The molecule has 2 aromatic rings. The molecule has 0 saturated heterocycles.